The predicted octanol–water partition coefficient (Wildman–Crippen LogP) is 2.39. The molecule has 2 N–H and O–H groups in total. The summed E-state index contributed by atoms with van der Waals surface area (Å²) in [5.74, 6) is 0.824. The molecule has 0 heterocycles. The van der Waals surface area contributed by atoms with Gasteiger partial charge in [-0.2, -0.15) is 0 Å². The lowest BCUT2D eigenvalue weighted by Crippen LogP contribution is -2.38. The summed E-state index contributed by atoms with van der Waals surface area (Å²) in [6.45, 7) is 10.6. The summed E-state index contributed by atoms with van der Waals surface area (Å²) >= 11 is 0. The largest absolute Gasteiger partial charge is 0.483 e. The van der Waals surface area contributed by atoms with Crippen molar-refractivity contribution in [1.82, 2.24) is 10.6 Å². The fourth-order valence-corrected chi connectivity index (χ4v) is 2.03. The Labute approximate surface area is 138 Å². The molecule has 0 atom stereocenters. The molecular formula is C18H28N2O3. The van der Waals surface area contributed by atoms with E-state index in [9.17, 15) is 9.59 Å². The lowest BCUT2D eigenvalue weighted by atomic mass is 10.0. The third kappa shape index (κ3) is 6.72. The minimum absolute atomic E-state index is 0.0168. The zero-order chi connectivity index (χ0) is 17.4. The van der Waals surface area contributed by atoms with Crippen molar-refractivity contribution in [2.45, 2.75) is 40.5 Å². The zero-order valence-corrected chi connectivity index (χ0v) is 14.7. The molecule has 0 saturated heterocycles. The summed E-state index contributed by atoms with van der Waals surface area (Å²) in [4.78, 5) is 23.2. The Kier molecular flexibility index (Phi) is 7.59. The predicted molar refractivity (Wildman–Crippen MR) is 91.6 cm³/mol. The van der Waals surface area contributed by atoms with E-state index >= 15 is 0 Å². The fourth-order valence-electron chi connectivity index (χ4n) is 2.03. The molecule has 0 fully saturated rings. The number of amides is 2. The minimum atomic E-state index is -0.194. The summed E-state index contributed by atoms with van der Waals surface area (Å²) in [7, 11) is 0. The van der Waals surface area contributed by atoms with Crippen LogP contribution in [0.1, 0.15) is 44.7 Å². The van der Waals surface area contributed by atoms with E-state index in [1.807, 2.05) is 39.0 Å². The van der Waals surface area contributed by atoms with Crippen LogP contribution in [0.5, 0.6) is 5.75 Å². The van der Waals surface area contributed by atoms with Gasteiger partial charge in [-0.1, -0.05) is 39.8 Å². The molecule has 5 heteroatoms. The summed E-state index contributed by atoms with van der Waals surface area (Å²) in [6, 6.07) is 6.03. The highest BCUT2D eigenvalue weighted by Gasteiger charge is 2.10. The van der Waals surface area contributed by atoms with Crippen LogP contribution in [0.15, 0.2) is 18.2 Å². The second-order valence-electron chi connectivity index (χ2n) is 6.28. The first-order chi connectivity index (χ1) is 10.8. The molecule has 1 aromatic carbocycles. The van der Waals surface area contributed by atoms with E-state index in [1.165, 1.54) is 0 Å². The fraction of sp³-hybridized carbons (Fsp3) is 0.556. The molecule has 0 aliphatic heterocycles. The number of benzene rings is 1. The number of ether oxygens (including phenoxy) is 1. The van der Waals surface area contributed by atoms with E-state index in [0.717, 1.165) is 16.9 Å². The lowest BCUT2D eigenvalue weighted by molar-refractivity contribution is -0.125. The standard InChI is InChI=1S/C18H28N2O3/c1-12(2)15-7-6-14(5)10-16(15)23-11-17(21)19-8-9-20-18(22)13(3)4/h6-7,10,12-13H,8-9,11H2,1-5H3,(H,19,21)(H,20,22). The van der Waals surface area contributed by atoms with Crippen molar-refractivity contribution in [1.29, 1.82) is 0 Å². The van der Waals surface area contributed by atoms with Gasteiger partial charge in [-0.3, -0.25) is 9.59 Å². The smallest absolute Gasteiger partial charge is 0.258 e. The number of carbonyl (C=O) groups excluding carboxylic acids is 2. The first-order valence-corrected chi connectivity index (χ1v) is 8.09. The first kappa shape index (κ1) is 19.0. The van der Waals surface area contributed by atoms with Crippen molar-refractivity contribution in [3.05, 3.63) is 29.3 Å². The van der Waals surface area contributed by atoms with Gasteiger partial charge in [-0.15, -0.1) is 0 Å². The lowest BCUT2D eigenvalue weighted by Gasteiger charge is -2.15. The van der Waals surface area contributed by atoms with Crippen LogP contribution in [0, 0.1) is 12.8 Å². The van der Waals surface area contributed by atoms with Gasteiger partial charge in [0, 0.05) is 19.0 Å². The molecule has 0 spiro atoms. The summed E-state index contributed by atoms with van der Waals surface area (Å²) < 4.78 is 5.66. The van der Waals surface area contributed by atoms with Gasteiger partial charge in [0.05, 0.1) is 0 Å². The maximum absolute atomic E-state index is 11.8. The molecule has 128 valence electrons. The van der Waals surface area contributed by atoms with Gasteiger partial charge < -0.3 is 15.4 Å². The van der Waals surface area contributed by atoms with Crippen LogP contribution in [0.4, 0.5) is 0 Å². The number of hydrogen-bond acceptors (Lipinski definition) is 3. The monoisotopic (exact) mass is 320 g/mol. The van der Waals surface area contributed by atoms with E-state index in [2.05, 4.69) is 24.5 Å². The van der Waals surface area contributed by atoms with Gasteiger partial charge in [0.1, 0.15) is 5.75 Å². The van der Waals surface area contributed by atoms with Crippen LogP contribution >= 0.6 is 0 Å². The number of aryl methyl sites for hydroxylation is 1. The van der Waals surface area contributed by atoms with Crippen LogP contribution in [0.3, 0.4) is 0 Å². The van der Waals surface area contributed by atoms with Crippen LogP contribution in [0.25, 0.3) is 0 Å². The van der Waals surface area contributed by atoms with Crippen molar-refractivity contribution >= 4 is 11.8 Å². The highest BCUT2D eigenvalue weighted by molar-refractivity contribution is 5.78. The van der Waals surface area contributed by atoms with Gasteiger partial charge in [-0.25, -0.2) is 0 Å². The Bertz CT molecular complexity index is 539. The van der Waals surface area contributed by atoms with Crippen LogP contribution in [-0.2, 0) is 9.59 Å². The molecule has 0 aromatic heterocycles. The van der Waals surface area contributed by atoms with Crippen molar-refractivity contribution in [2.75, 3.05) is 19.7 Å². The Morgan fingerprint density at radius 3 is 2.35 bits per heavy atom. The third-order valence-corrected chi connectivity index (χ3v) is 3.42. The molecule has 1 aromatic rings. The maximum atomic E-state index is 11.8. The molecule has 0 bridgehead atoms. The maximum Gasteiger partial charge on any atom is 0.258 e. The Balaban J connectivity index is 2.39. The summed E-state index contributed by atoms with van der Waals surface area (Å²) in [5.41, 5.74) is 2.19. The van der Waals surface area contributed by atoms with Crippen LogP contribution < -0.4 is 15.4 Å². The number of carbonyl (C=O) groups is 2. The van der Waals surface area contributed by atoms with Crippen LogP contribution in [0.2, 0.25) is 0 Å². The Morgan fingerprint density at radius 1 is 1.09 bits per heavy atom. The second-order valence-corrected chi connectivity index (χ2v) is 6.28. The SMILES string of the molecule is Cc1ccc(C(C)C)c(OCC(=O)NCCNC(=O)C(C)C)c1. The molecule has 23 heavy (non-hydrogen) atoms. The molecule has 0 radical (unpaired) electrons. The van der Waals surface area contributed by atoms with E-state index < -0.39 is 0 Å². The summed E-state index contributed by atoms with van der Waals surface area (Å²) in [6.07, 6.45) is 0. The Morgan fingerprint density at radius 2 is 1.74 bits per heavy atom. The molecular weight excluding hydrogens is 292 g/mol. The first-order valence-electron chi connectivity index (χ1n) is 8.09. The van der Waals surface area contributed by atoms with E-state index in [1.54, 1.807) is 0 Å². The van der Waals surface area contributed by atoms with E-state index in [0.29, 0.717) is 19.0 Å². The average Bonchev–Trinajstić information content (AvgIpc) is 2.48. The molecule has 0 aliphatic rings. The van der Waals surface area contributed by atoms with Gasteiger partial charge in [-0.05, 0) is 30.0 Å². The Hall–Kier alpha value is -2.04. The molecule has 1 rings (SSSR count). The molecule has 0 aliphatic carbocycles. The highest BCUT2D eigenvalue weighted by Crippen LogP contribution is 2.27. The normalized spacial score (nSPS) is 10.7. The van der Waals surface area contributed by atoms with Crippen LogP contribution in [-0.4, -0.2) is 31.5 Å². The molecule has 0 unspecified atom stereocenters. The van der Waals surface area contributed by atoms with Gasteiger partial charge >= 0.3 is 0 Å². The quantitative estimate of drug-likeness (QED) is 0.723. The van der Waals surface area contributed by atoms with Crippen molar-refractivity contribution in [3.63, 3.8) is 0 Å². The number of nitrogens with one attached hydrogen (secondary N) is 2. The summed E-state index contributed by atoms with van der Waals surface area (Å²) in [5, 5.41) is 5.48. The molecule has 0 saturated carbocycles. The van der Waals surface area contributed by atoms with E-state index in [4.69, 9.17) is 4.74 Å². The molecule has 5 nitrogen and oxygen atoms in total. The van der Waals surface area contributed by atoms with Crippen molar-refractivity contribution < 1.29 is 14.3 Å². The minimum Gasteiger partial charge on any atom is -0.483 e. The average molecular weight is 320 g/mol. The topological polar surface area (TPSA) is 67.4 Å². The van der Waals surface area contributed by atoms with Gasteiger partial charge in [0.25, 0.3) is 5.91 Å². The second kappa shape index (κ2) is 9.18. The highest BCUT2D eigenvalue weighted by atomic mass is 16.5. The zero-order valence-electron chi connectivity index (χ0n) is 14.7. The van der Waals surface area contributed by atoms with E-state index in [-0.39, 0.29) is 24.3 Å². The molecule has 2 amide bonds. The number of rotatable bonds is 8. The number of hydrogen-bond donors (Lipinski definition) is 2. The van der Waals surface area contributed by atoms with Crippen molar-refractivity contribution in [3.8, 4) is 5.75 Å². The van der Waals surface area contributed by atoms with Crippen molar-refractivity contribution in [2.24, 2.45) is 5.92 Å². The van der Waals surface area contributed by atoms with Gasteiger partial charge in [0.15, 0.2) is 6.61 Å². The van der Waals surface area contributed by atoms with Gasteiger partial charge in [0.2, 0.25) is 5.91 Å². The third-order valence-electron chi connectivity index (χ3n) is 3.42.